The molecular weight excluding hydrogens is 317 g/mol. The topological polar surface area (TPSA) is 54.0 Å². The first-order valence-corrected chi connectivity index (χ1v) is 7.44. The number of nitrogens with one attached hydrogen (secondary N) is 2. The molecule has 2 aliphatic rings. The highest BCUT2D eigenvalue weighted by Gasteiger charge is 2.34. The molecule has 7 heteroatoms. The number of amides is 1. The number of fused-ring (bicyclic) bond motifs is 2. The molecule has 2 bridgehead atoms. The average Bonchev–Trinajstić information content (AvgIpc) is 2.81. The van der Waals surface area contributed by atoms with Gasteiger partial charge in [-0.1, -0.05) is 0 Å². The molecule has 0 radical (unpaired) electrons. The quantitative estimate of drug-likeness (QED) is 0.872. The van der Waals surface area contributed by atoms with E-state index in [1.165, 1.54) is 24.2 Å². The van der Waals surface area contributed by atoms with Gasteiger partial charge in [0.25, 0.3) is 5.91 Å². The minimum Gasteiger partial charge on any atom is -0.348 e. The molecule has 1 amide bonds. The smallest absolute Gasteiger partial charge is 0.263 e. The van der Waals surface area contributed by atoms with Crippen LogP contribution in [0.2, 0.25) is 0 Å². The first kappa shape index (κ1) is 17.7. The molecule has 20 heavy (non-hydrogen) atoms. The van der Waals surface area contributed by atoms with Crippen molar-refractivity contribution in [2.75, 3.05) is 0 Å². The highest BCUT2D eigenvalue weighted by molar-refractivity contribution is 7.13. The maximum Gasteiger partial charge on any atom is 0.263 e. The summed E-state index contributed by atoms with van der Waals surface area (Å²) in [6, 6.07) is 1.55. The van der Waals surface area contributed by atoms with Crippen LogP contribution in [0.4, 0.5) is 0 Å². The van der Waals surface area contributed by atoms with Gasteiger partial charge in [0.1, 0.15) is 4.88 Å². The van der Waals surface area contributed by atoms with Crippen LogP contribution < -0.4 is 10.6 Å². The van der Waals surface area contributed by atoms with Crippen LogP contribution in [-0.2, 0) is 0 Å². The number of piperidine rings is 1. The van der Waals surface area contributed by atoms with Gasteiger partial charge < -0.3 is 10.6 Å². The molecule has 4 nitrogen and oxygen atoms in total. The molecule has 1 aromatic rings. The van der Waals surface area contributed by atoms with Crippen LogP contribution in [0, 0.1) is 13.8 Å². The SMILES string of the molecule is Cc1nc(C)c(C(=O)NC2CC3CCC(C2)N3)s1.Cl.Cl. The second kappa shape index (κ2) is 7.07. The van der Waals surface area contributed by atoms with Crippen LogP contribution in [0.1, 0.15) is 46.1 Å². The van der Waals surface area contributed by atoms with Crippen LogP contribution in [0.3, 0.4) is 0 Å². The van der Waals surface area contributed by atoms with E-state index in [0.29, 0.717) is 18.1 Å². The number of carbonyl (C=O) groups is 1. The fourth-order valence-electron chi connectivity index (χ4n) is 3.17. The summed E-state index contributed by atoms with van der Waals surface area (Å²) in [5, 5.41) is 7.73. The number of aromatic nitrogens is 1. The summed E-state index contributed by atoms with van der Waals surface area (Å²) in [5.74, 6) is 0.0596. The summed E-state index contributed by atoms with van der Waals surface area (Å²) in [6.45, 7) is 3.85. The van der Waals surface area contributed by atoms with Gasteiger partial charge in [0.2, 0.25) is 0 Å². The van der Waals surface area contributed by atoms with Gasteiger partial charge in [0.15, 0.2) is 0 Å². The Kier molecular flexibility index (Phi) is 6.25. The normalized spacial score (nSPS) is 27.4. The highest BCUT2D eigenvalue weighted by Crippen LogP contribution is 2.27. The standard InChI is InChI=1S/C13H19N3OS.2ClH/c1-7-12(18-8(2)14-7)13(17)16-11-5-9-3-4-10(6-11)15-9;;/h9-11,15H,3-6H2,1-2H3,(H,16,17);2*1H. The van der Waals surface area contributed by atoms with Crippen molar-refractivity contribution in [3.8, 4) is 0 Å². The fourth-order valence-corrected chi connectivity index (χ4v) is 3.99. The van der Waals surface area contributed by atoms with Gasteiger partial charge in [0.05, 0.1) is 10.7 Å². The molecule has 0 aliphatic carbocycles. The lowest BCUT2D eigenvalue weighted by Crippen LogP contribution is -2.48. The maximum atomic E-state index is 12.2. The van der Waals surface area contributed by atoms with E-state index >= 15 is 0 Å². The zero-order valence-electron chi connectivity index (χ0n) is 11.6. The zero-order valence-corrected chi connectivity index (χ0v) is 14.1. The van der Waals surface area contributed by atoms with E-state index in [0.717, 1.165) is 28.4 Å². The largest absolute Gasteiger partial charge is 0.348 e. The van der Waals surface area contributed by atoms with Crippen LogP contribution in [0.5, 0.6) is 0 Å². The summed E-state index contributed by atoms with van der Waals surface area (Å²) >= 11 is 1.49. The van der Waals surface area contributed by atoms with E-state index in [-0.39, 0.29) is 30.7 Å². The molecule has 0 saturated carbocycles. The Morgan fingerprint density at radius 3 is 2.35 bits per heavy atom. The van der Waals surface area contributed by atoms with Gasteiger partial charge in [-0.15, -0.1) is 36.2 Å². The second-order valence-corrected chi connectivity index (χ2v) is 6.63. The van der Waals surface area contributed by atoms with Crippen molar-refractivity contribution in [3.05, 3.63) is 15.6 Å². The van der Waals surface area contributed by atoms with Crippen molar-refractivity contribution in [3.63, 3.8) is 0 Å². The van der Waals surface area contributed by atoms with Crippen molar-refractivity contribution < 1.29 is 4.79 Å². The molecule has 2 N–H and O–H groups in total. The lowest BCUT2D eigenvalue weighted by molar-refractivity contribution is 0.0927. The number of thiazole rings is 1. The molecule has 2 saturated heterocycles. The highest BCUT2D eigenvalue weighted by atomic mass is 35.5. The lowest BCUT2D eigenvalue weighted by atomic mass is 10.00. The third-order valence-corrected chi connectivity index (χ3v) is 4.99. The molecule has 1 aromatic heterocycles. The van der Waals surface area contributed by atoms with Crippen LogP contribution in [0.25, 0.3) is 0 Å². The van der Waals surface area contributed by atoms with Crippen LogP contribution in [0.15, 0.2) is 0 Å². The Morgan fingerprint density at radius 2 is 1.85 bits per heavy atom. The fraction of sp³-hybridized carbons (Fsp3) is 0.692. The van der Waals surface area contributed by atoms with E-state index in [9.17, 15) is 4.79 Å². The number of carbonyl (C=O) groups excluding carboxylic acids is 1. The number of hydrogen-bond donors (Lipinski definition) is 2. The van der Waals surface area contributed by atoms with Gasteiger partial charge in [-0.25, -0.2) is 4.98 Å². The molecule has 2 aliphatic heterocycles. The van der Waals surface area contributed by atoms with E-state index in [1.807, 2.05) is 13.8 Å². The van der Waals surface area contributed by atoms with Crippen molar-refractivity contribution in [1.82, 2.24) is 15.6 Å². The Morgan fingerprint density at radius 1 is 1.25 bits per heavy atom. The van der Waals surface area contributed by atoms with Crippen LogP contribution >= 0.6 is 36.2 Å². The van der Waals surface area contributed by atoms with Gasteiger partial charge in [0, 0.05) is 18.1 Å². The molecule has 0 aromatic carbocycles. The minimum absolute atomic E-state index is 0. The molecule has 2 unspecified atom stereocenters. The Hall–Kier alpha value is -0.360. The van der Waals surface area contributed by atoms with Gasteiger partial charge in [-0.3, -0.25) is 4.79 Å². The number of aryl methyl sites for hydroxylation is 2. The molecule has 2 fully saturated rings. The first-order chi connectivity index (χ1) is 8.61. The molecule has 0 spiro atoms. The van der Waals surface area contributed by atoms with E-state index in [1.54, 1.807) is 0 Å². The predicted molar refractivity (Wildman–Crippen MR) is 86.5 cm³/mol. The second-order valence-electron chi connectivity index (χ2n) is 5.43. The maximum absolute atomic E-state index is 12.2. The van der Waals surface area contributed by atoms with Crippen LogP contribution in [-0.4, -0.2) is 29.0 Å². The van der Waals surface area contributed by atoms with Crippen molar-refractivity contribution in [2.45, 2.75) is 57.7 Å². The summed E-state index contributed by atoms with van der Waals surface area (Å²) in [7, 11) is 0. The summed E-state index contributed by atoms with van der Waals surface area (Å²) in [6.07, 6.45) is 4.66. The van der Waals surface area contributed by atoms with Gasteiger partial charge >= 0.3 is 0 Å². The predicted octanol–water partition coefficient (Wildman–Crippen LogP) is 2.62. The average molecular weight is 338 g/mol. The summed E-state index contributed by atoms with van der Waals surface area (Å²) < 4.78 is 0. The van der Waals surface area contributed by atoms with Crippen molar-refractivity contribution in [1.29, 1.82) is 0 Å². The number of nitrogens with zero attached hydrogens (tertiary/aromatic N) is 1. The van der Waals surface area contributed by atoms with E-state index < -0.39 is 0 Å². The van der Waals surface area contributed by atoms with E-state index in [4.69, 9.17) is 0 Å². The van der Waals surface area contributed by atoms with Gasteiger partial charge in [-0.05, 0) is 39.5 Å². The summed E-state index contributed by atoms with van der Waals surface area (Å²) in [4.78, 5) is 17.3. The first-order valence-electron chi connectivity index (χ1n) is 6.63. The third kappa shape index (κ3) is 3.64. The zero-order chi connectivity index (χ0) is 12.7. The number of rotatable bonds is 2. The Labute approximate surface area is 135 Å². The van der Waals surface area contributed by atoms with E-state index in [2.05, 4.69) is 15.6 Å². The molecular formula is C13H21Cl2N3OS. The third-order valence-electron chi connectivity index (χ3n) is 3.92. The monoisotopic (exact) mass is 337 g/mol. The molecule has 114 valence electrons. The lowest BCUT2D eigenvalue weighted by Gasteiger charge is -2.29. The molecule has 2 atom stereocenters. The van der Waals surface area contributed by atoms with Gasteiger partial charge in [-0.2, -0.15) is 0 Å². The molecule has 3 heterocycles. The van der Waals surface area contributed by atoms with Crippen molar-refractivity contribution >= 4 is 42.1 Å². The molecule has 3 rings (SSSR count). The number of halogens is 2. The Bertz CT molecular complexity index is 468. The summed E-state index contributed by atoms with van der Waals surface area (Å²) in [5.41, 5.74) is 0.854. The number of hydrogen-bond acceptors (Lipinski definition) is 4. The minimum atomic E-state index is 0. The Balaban J connectivity index is 0.000001000. The van der Waals surface area contributed by atoms with Crippen molar-refractivity contribution in [2.24, 2.45) is 0 Å².